The molecule has 1 heterocycles. The zero-order chi connectivity index (χ0) is 14.4. The molecule has 1 aliphatic heterocycles. The molecule has 0 bridgehead atoms. The summed E-state index contributed by atoms with van der Waals surface area (Å²) in [5.41, 5.74) is 6.07. The van der Waals surface area contributed by atoms with Gasteiger partial charge in [-0.2, -0.15) is 0 Å². The third-order valence-corrected chi connectivity index (χ3v) is 4.74. The van der Waals surface area contributed by atoms with Crippen LogP contribution in [-0.4, -0.2) is 42.6 Å². The average molecular weight is 319 g/mol. The fourth-order valence-electron chi connectivity index (χ4n) is 3.44. The molecule has 5 heteroatoms. The molecule has 0 radical (unpaired) electrons. The number of hydrogen-bond donors (Lipinski definition) is 1. The van der Waals surface area contributed by atoms with E-state index < -0.39 is 0 Å². The molecule has 2 aliphatic rings. The maximum Gasteiger partial charge on any atom is 0.222 e. The lowest BCUT2D eigenvalue weighted by atomic mass is 9.99. The highest BCUT2D eigenvalue weighted by Crippen LogP contribution is 2.28. The summed E-state index contributed by atoms with van der Waals surface area (Å²) in [6, 6.07) is 0.242. The van der Waals surface area contributed by atoms with E-state index in [9.17, 15) is 4.79 Å². The summed E-state index contributed by atoms with van der Waals surface area (Å²) in [4.78, 5) is 14.4. The Morgan fingerprint density at radius 3 is 2.67 bits per heavy atom. The first-order chi connectivity index (χ1) is 9.70. The van der Waals surface area contributed by atoms with Crippen LogP contribution in [0.4, 0.5) is 0 Å². The van der Waals surface area contributed by atoms with Gasteiger partial charge in [-0.15, -0.1) is 12.4 Å². The van der Waals surface area contributed by atoms with Crippen molar-refractivity contribution in [2.24, 2.45) is 11.7 Å². The van der Waals surface area contributed by atoms with E-state index >= 15 is 0 Å². The standard InChI is InChI=1S/C16H30N2O2.ClH/c1-2-11-20-14-6-4-9-18(10-8-14)16(19)12-13-5-3-7-15(13)17;/h13-15H,2-12,17H2,1H3;1H/t13-,14?,15+;/m0./s1. The lowest BCUT2D eigenvalue weighted by molar-refractivity contribution is -0.132. The van der Waals surface area contributed by atoms with Crippen LogP contribution in [0.1, 0.15) is 58.3 Å². The van der Waals surface area contributed by atoms with Crippen LogP contribution >= 0.6 is 12.4 Å². The first-order valence-electron chi connectivity index (χ1n) is 8.35. The third-order valence-electron chi connectivity index (χ3n) is 4.74. The van der Waals surface area contributed by atoms with Crippen molar-refractivity contribution >= 4 is 18.3 Å². The van der Waals surface area contributed by atoms with E-state index in [-0.39, 0.29) is 18.4 Å². The van der Waals surface area contributed by atoms with Gasteiger partial charge in [-0.25, -0.2) is 0 Å². The molecule has 0 aromatic carbocycles. The number of nitrogens with zero attached hydrogens (tertiary/aromatic N) is 1. The minimum absolute atomic E-state index is 0. The Morgan fingerprint density at radius 1 is 1.19 bits per heavy atom. The van der Waals surface area contributed by atoms with Crippen LogP contribution in [-0.2, 0) is 9.53 Å². The number of rotatable bonds is 5. The second-order valence-corrected chi connectivity index (χ2v) is 6.36. The molecule has 2 rings (SSSR count). The molecule has 21 heavy (non-hydrogen) atoms. The maximum absolute atomic E-state index is 12.4. The van der Waals surface area contributed by atoms with Gasteiger partial charge in [0.25, 0.3) is 0 Å². The van der Waals surface area contributed by atoms with Crippen LogP contribution in [0.25, 0.3) is 0 Å². The molecule has 1 saturated heterocycles. The molecule has 1 amide bonds. The normalized spacial score (nSPS) is 29.8. The zero-order valence-electron chi connectivity index (χ0n) is 13.3. The molecular weight excluding hydrogens is 288 g/mol. The van der Waals surface area contributed by atoms with Crippen LogP contribution in [0.2, 0.25) is 0 Å². The lowest BCUT2D eigenvalue weighted by Gasteiger charge is -2.23. The van der Waals surface area contributed by atoms with Gasteiger partial charge in [0.15, 0.2) is 0 Å². The van der Waals surface area contributed by atoms with Crippen molar-refractivity contribution in [3.63, 3.8) is 0 Å². The number of carbonyl (C=O) groups excluding carboxylic acids is 1. The maximum atomic E-state index is 12.4. The molecule has 124 valence electrons. The molecule has 1 unspecified atom stereocenters. The Bertz CT molecular complexity index is 315. The molecule has 1 saturated carbocycles. The minimum atomic E-state index is 0. The molecule has 4 nitrogen and oxygen atoms in total. The van der Waals surface area contributed by atoms with Crippen molar-refractivity contribution < 1.29 is 9.53 Å². The molecule has 3 atom stereocenters. The third kappa shape index (κ3) is 5.76. The number of halogens is 1. The highest BCUT2D eigenvalue weighted by molar-refractivity contribution is 5.85. The van der Waals surface area contributed by atoms with Gasteiger partial charge in [-0.05, 0) is 44.4 Å². The number of ether oxygens (including phenoxy) is 1. The van der Waals surface area contributed by atoms with E-state index in [0.717, 1.165) is 58.2 Å². The number of nitrogens with two attached hydrogens (primary N) is 1. The summed E-state index contributed by atoms with van der Waals surface area (Å²) in [6.07, 6.45) is 8.62. The van der Waals surface area contributed by atoms with Gasteiger partial charge in [0, 0.05) is 32.2 Å². The Morgan fingerprint density at radius 2 is 2.00 bits per heavy atom. The van der Waals surface area contributed by atoms with Gasteiger partial charge in [-0.1, -0.05) is 13.3 Å². The number of hydrogen-bond acceptors (Lipinski definition) is 3. The van der Waals surface area contributed by atoms with Gasteiger partial charge in [0.1, 0.15) is 0 Å². The summed E-state index contributed by atoms with van der Waals surface area (Å²) in [5.74, 6) is 0.724. The Hall–Kier alpha value is -0.320. The fourth-order valence-corrected chi connectivity index (χ4v) is 3.44. The smallest absolute Gasteiger partial charge is 0.222 e. The summed E-state index contributed by atoms with van der Waals surface area (Å²) in [6.45, 7) is 4.73. The number of amides is 1. The largest absolute Gasteiger partial charge is 0.378 e. The summed E-state index contributed by atoms with van der Waals surface area (Å²) < 4.78 is 5.83. The van der Waals surface area contributed by atoms with E-state index in [0.29, 0.717) is 24.3 Å². The van der Waals surface area contributed by atoms with Crippen molar-refractivity contribution in [3.05, 3.63) is 0 Å². The number of carbonyl (C=O) groups is 1. The molecule has 0 spiro atoms. The van der Waals surface area contributed by atoms with Gasteiger partial charge in [-0.3, -0.25) is 4.79 Å². The first kappa shape index (κ1) is 18.7. The monoisotopic (exact) mass is 318 g/mol. The average Bonchev–Trinajstić information content (AvgIpc) is 2.71. The Labute approximate surface area is 135 Å². The van der Waals surface area contributed by atoms with Gasteiger partial charge in [0.05, 0.1) is 6.10 Å². The van der Waals surface area contributed by atoms with E-state index in [1.54, 1.807) is 0 Å². The van der Waals surface area contributed by atoms with Crippen LogP contribution in [0, 0.1) is 5.92 Å². The summed E-state index contributed by atoms with van der Waals surface area (Å²) >= 11 is 0. The second kappa shape index (κ2) is 9.65. The molecule has 1 aliphatic carbocycles. The lowest BCUT2D eigenvalue weighted by Crippen LogP contribution is -2.36. The summed E-state index contributed by atoms with van der Waals surface area (Å²) in [7, 11) is 0. The zero-order valence-corrected chi connectivity index (χ0v) is 14.1. The minimum Gasteiger partial charge on any atom is -0.378 e. The topological polar surface area (TPSA) is 55.6 Å². The van der Waals surface area contributed by atoms with Crippen LogP contribution in [0.15, 0.2) is 0 Å². The van der Waals surface area contributed by atoms with E-state index in [1.165, 1.54) is 6.42 Å². The number of likely N-dealkylation sites (tertiary alicyclic amines) is 1. The van der Waals surface area contributed by atoms with E-state index in [1.807, 2.05) is 4.90 Å². The molecule has 2 fully saturated rings. The van der Waals surface area contributed by atoms with E-state index in [4.69, 9.17) is 10.5 Å². The SMILES string of the molecule is CCCOC1CCCN(C(=O)C[C@@H]2CCC[C@H]2N)CC1.Cl. The Balaban J connectivity index is 0.00000220. The fraction of sp³-hybridized carbons (Fsp3) is 0.938. The second-order valence-electron chi connectivity index (χ2n) is 6.36. The van der Waals surface area contributed by atoms with Crippen molar-refractivity contribution in [1.82, 2.24) is 4.90 Å². The van der Waals surface area contributed by atoms with E-state index in [2.05, 4.69) is 6.92 Å². The van der Waals surface area contributed by atoms with Crippen molar-refractivity contribution in [3.8, 4) is 0 Å². The summed E-state index contributed by atoms with van der Waals surface area (Å²) in [5, 5.41) is 0. The van der Waals surface area contributed by atoms with Crippen LogP contribution in [0.3, 0.4) is 0 Å². The molecule has 2 N–H and O–H groups in total. The van der Waals surface area contributed by atoms with Gasteiger partial charge < -0.3 is 15.4 Å². The van der Waals surface area contributed by atoms with Crippen molar-refractivity contribution in [1.29, 1.82) is 0 Å². The predicted octanol–water partition coefficient (Wildman–Crippen LogP) is 2.73. The highest BCUT2D eigenvalue weighted by Gasteiger charge is 2.29. The Kier molecular flexibility index (Phi) is 8.60. The van der Waals surface area contributed by atoms with Crippen LogP contribution < -0.4 is 5.73 Å². The van der Waals surface area contributed by atoms with Crippen molar-refractivity contribution in [2.75, 3.05) is 19.7 Å². The highest BCUT2D eigenvalue weighted by atomic mass is 35.5. The molecule has 0 aromatic heterocycles. The van der Waals surface area contributed by atoms with Crippen LogP contribution in [0.5, 0.6) is 0 Å². The predicted molar refractivity (Wildman–Crippen MR) is 87.6 cm³/mol. The van der Waals surface area contributed by atoms with Crippen molar-refractivity contribution in [2.45, 2.75) is 70.4 Å². The van der Waals surface area contributed by atoms with Gasteiger partial charge in [0.2, 0.25) is 5.91 Å². The molecular formula is C16H31ClN2O2. The molecule has 0 aromatic rings. The quantitative estimate of drug-likeness (QED) is 0.848. The first-order valence-corrected chi connectivity index (χ1v) is 8.35. The van der Waals surface area contributed by atoms with Gasteiger partial charge >= 0.3 is 0 Å².